The monoisotopic (exact) mass is 243 g/mol. The summed E-state index contributed by atoms with van der Waals surface area (Å²) in [5.74, 6) is 0.0475. The summed E-state index contributed by atoms with van der Waals surface area (Å²) in [6.45, 7) is 4.53. The Hall–Kier alpha value is -1.14. The van der Waals surface area contributed by atoms with Crippen LogP contribution in [0.1, 0.15) is 20.3 Å². The van der Waals surface area contributed by atoms with Crippen molar-refractivity contribution < 1.29 is 14.7 Å². The van der Waals surface area contributed by atoms with Gasteiger partial charge in [0, 0.05) is 19.2 Å². The molecule has 1 aliphatic heterocycles. The Morgan fingerprint density at radius 1 is 1.59 bits per heavy atom. The van der Waals surface area contributed by atoms with Crippen LogP contribution in [-0.2, 0) is 9.59 Å². The predicted molar refractivity (Wildman–Crippen MR) is 63.3 cm³/mol. The fourth-order valence-corrected chi connectivity index (χ4v) is 1.75. The molecule has 1 rings (SSSR count). The Labute approximate surface area is 101 Å². The Bertz CT molecular complexity index is 271. The van der Waals surface area contributed by atoms with Crippen LogP contribution in [0.5, 0.6) is 0 Å². The molecule has 0 bridgehead atoms. The van der Waals surface area contributed by atoms with Crippen molar-refractivity contribution in [2.45, 2.75) is 32.4 Å². The number of hydrogen-bond acceptors (Lipinski definition) is 4. The highest BCUT2D eigenvalue weighted by molar-refractivity contribution is 5.86. The van der Waals surface area contributed by atoms with E-state index in [0.717, 1.165) is 0 Å². The van der Waals surface area contributed by atoms with Crippen molar-refractivity contribution in [3.63, 3.8) is 0 Å². The molecule has 6 heteroatoms. The number of nitrogens with one attached hydrogen (secondary N) is 3. The summed E-state index contributed by atoms with van der Waals surface area (Å²) in [6, 6.07) is -0.417. The van der Waals surface area contributed by atoms with E-state index in [9.17, 15) is 9.59 Å². The predicted octanol–water partition coefficient (Wildman–Crippen LogP) is -1.40. The van der Waals surface area contributed by atoms with E-state index in [0.29, 0.717) is 13.0 Å². The lowest BCUT2D eigenvalue weighted by Crippen LogP contribution is -2.59. The molecule has 0 saturated carbocycles. The highest BCUT2D eigenvalue weighted by atomic mass is 16.3. The van der Waals surface area contributed by atoms with E-state index in [1.54, 1.807) is 0 Å². The standard InChI is InChI=1S/C11H21N3O3/c1-7(2)8(3-4-15)14-11(17)9-5-13-10(16)6-12-9/h7-9,12,15H,3-6H2,1-2H3,(H,13,16)(H,14,17). The SMILES string of the molecule is CC(C)C(CCO)NC(=O)C1CNC(=O)CN1. The Morgan fingerprint density at radius 3 is 2.76 bits per heavy atom. The zero-order valence-electron chi connectivity index (χ0n) is 10.3. The van der Waals surface area contributed by atoms with E-state index < -0.39 is 0 Å². The van der Waals surface area contributed by atoms with Crippen LogP contribution in [0.25, 0.3) is 0 Å². The zero-order valence-corrected chi connectivity index (χ0v) is 10.3. The second-order valence-corrected chi connectivity index (χ2v) is 4.61. The number of hydrogen-bond donors (Lipinski definition) is 4. The molecule has 2 unspecified atom stereocenters. The maximum absolute atomic E-state index is 11.9. The van der Waals surface area contributed by atoms with Gasteiger partial charge in [-0.3, -0.25) is 14.9 Å². The summed E-state index contributed by atoms with van der Waals surface area (Å²) in [7, 11) is 0. The minimum absolute atomic E-state index is 0.0353. The van der Waals surface area contributed by atoms with Crippen molar-refractivity contribution in [3.05, 3.63) is 0 Å². The molecule has 2 amide bonds. The molecule has 1 aliphatic rings. The fourth-order valence-electron chi connectivity index (χ4n) is 1.75. The van der Waals surface area contributed by atoms with Crippen LogP contribution in [0, 0.1) is 5.92 Å². The molecule has 98 valence electrons. The van der Waals surface area contributed by atoms with E-state index >= 15 is 0 Å². The molecule has 0 aromatic heterocycles. The molecule has 0 aliphatic carbocycles. The van der Waals surface area contributed by atoms with E-state index in [1.807, 2.05) is 13.8 Å². The normalized spacial score (nSPS) is 22.1. The van der Waals surface area contributed by atoms with Gasteiger partial charge in [-0.2, -0.15) is 0 Å². The maximum Gasteiger partial charge on any atom is 0.239 e. The summed E-state index contributed by atoms with van der Waals surface area (Å²) in [5, 5.41) is 17.3. The van der Waals surface area contributed by atoms with Gasteiger partial charge in [0.05, 0.1) is 6.54 Å². The lowest BCUT2D eigenvalue weighted by molar-refractivity contribution is -0.127. The van der Waals surface area contributed by atoms with E-state index in [1.165, 1.54) is 0 Å². The molecule has 6 nitrogen and oxygen atoms in total. The number of carbonyl (C=O) groups is 2. The first-order valence-electron chi connectivity index (χ1n) is 5.96. The molecule has 1 fully saturated rings. The van der Waals surface area contributed by atoms with Crippen molar-refractivity contribution in [1.82, 2.24) is 16.0 Å². The minimum Gasteiger partial charge on any atom is -0.396 e. The highest BCUT2D eigenvalue weighted by Gasteiger charge is 2.26. The van der Waals surface area contributed by atoms with Crippen LogP contribution < -0.4 is 16.0 Å². The molecule has 1 heterocycles. The molecular weight excluding hydrogens is 222 g/mol. The van der Waals surface area contributed by atoms with Gasteiger partial charge in [-0.1, -0.05) is 13.8 Å². The number of carbonyl (C=O) groups excluding carboxylic acids is 2. The summed E-state index contributed by atoms with van der Waals surface area (Å²) in [5.41, 5.74) is 0. The van der Waals surface area contributed by atoms with E-state index in [2.05, 4.69) is 16.0 Å². The van der Waals surface area contributed by atoms with Crippen molar-refractivity contribution in [3.8, 4) is 0 Å². The molecule has 1 saturated heterocycles. The second kappa shape index (κ2) is 6.56. The maximum atomic E-state index is 11.9. The first-order valence-corrected chi connectivity index (χ1v) is 5.96. The van der Waals surface area contributed by atoms with Crippen molar-refractivity contribution in [1.29, 1.82) is 0 Å². The topological polar surface area (TPSA) is 90.5 Å². The van der Waals surface area contributed by atoms with Gasteiger partial charge in [0.1, 0.15) is 6.04 Å². The van der Waals surface area contributed by atoms with Gasteiger partial charge in [0.25, 0.3) is 0 Å². The number of aliphatic hydroxyl groups is 1. The van der Waals surface area contributed by atoms with Crippen LogP contribution in [0.15, 0.2) is 0 Å². The summed E-state index contributed by atoms with van der Waals surface area (Å²) < 4.78 is 0. The van der Waals surface area contributed by atoms with Crippen LogP contribution in [0.4, 0.5) is 0 Å². The first kappa shape index (κ1) is 13.9. The third-order valence-corrected chi connectivity index (χ3v) is 2.90. The molecular formula is C11H21N3O3. The van der Waals surface area contributed by atoms with Crippen molar-refractivity contribution >= 4 is 11.8 Å². The average Bonchev–Trinajstić information content (AvgIpc) is 2.29. The molecule has 0 aromatic rings. The average molecular weight is 243 g/mol. The van der Waals surface area contributed by atoms with Gasteiger partial charge < -0.3 is 15.7 Å². The molecule has 4 N–H and O–H groups in total. The largest absolute Gasteiger partial charge is 0.396 e. The van der Waals surface area contributed by atoms with Crippen LogP contribution in [0.3, 0.4) is 0 Å². The van der Waals surface area contributed by atoms with Gasteiger partial charge in [-0.05, 0) is 12.3 Å². The molecule has 0 spiro atoms. The number of piperazine rings is 1. The Balaban J connectivity index is 2.43. The summed E-state index contributed by atoms with van der Waals surface area (Å²) in [6.07, 6.45) is 0.544. The summed E-state index contributed by atoms with van der Waals surface area (Å²) >= 11 is 0. The number of aliphatic hydroxyl groups excluding tert-OH is 1. The molecule has 0 aromatic carbocycles. The smallest absolute Gasteiger partial charge is 0.239 e. The van der Waals surface area contributed by atoms with Gasteiger partial charge in [0.15, 0.2) is 0 Å². The van der Waals surface area contributed by atoms with Gasteiger partial charge in [-0.25, -0.2) is 0 Å². The third kappa shape index (κ3) is 4.32. The molecule has 17 heavy (non-hydrogen) atoms. The summed E-state index contributed by atoms with van der Waals surface area (Å²) in [4.78, 5) is 22.8. The minimum atomic E-state index is -0.382. The van der Waals surface area contributed by atoms with E-state index in [-0.39, 0.29) is 43.0 Å². The van der Waals surface area contributed by atoms with Gasteiger partial charge in [-0.15, -0.1) is 0 Å². The first-order chi connectivity index (χ1) is 8.04. The highest BCUT2D eigenvalue weighted by Crippen LogP contribution is 2.06. The van der Waals surface area contributed by atoms with Crippen molar-refractivity contribution in [2.24, 2.45) is 5.92 Å². The molecule has 0 radical (unpaired) electrons. The fraction of sp³-hybridized carbons (Fsp3) is 0.818. The lowest BCUT2D eigenvalue weighted by Gasteiger charge is -2.27. The Morgan fingerprint density at radius 2 is 2.29 bits per heavy atom. The van der Waals surface area contributed by atoms with Crippen LogP contribution >= 0.6 is 0 Å². The van der Waals surface area contributed by atoms with Crippen molar-refractivity contribution in [2.75, 3.05) is 19.7 Å². The van der Waals surface area contributed by atoms with Crippen LogP contribution in [0.2, 0.25) is 0 Å². The number of amides is 2. The number of rotatable bonds is 5. The van der Waals surface area contributed by atoms with Gasteiger partial charge in [0.2, 0.25) is 11.8 Å². The quantitative estimate of drug-likeness (QED) is 0.478. The van der Waals surface area contributed by atoms with E-state index in [4.69, 9.17) is 5.11 Å². The lowest BCUT2D eigenvalue weighted by atomic mass is 10.0. The zero-order chi connectivity index (χ0) is 12.8. The van der Waals surface area contributed by atoms with Crippen LogP contribution in [-0.4, -0.2) is 48.7 Å². The molecule has 2 atom stereocenters. The second-order valence-electron chi connectivity index (χ2n) is 4.61. The Kier molecular flexibility index (Phi) is 5.37. The van der Waals surface area contributed by atoms with Gasteiger partial charge >= 0.3 is 0 Å². The third-order valence-electron chi connectivity index (χ3n) is 2.90.